The van der Waals surface area contributed by atoms with Crippen LogP contribution in [0.5, 0.6) is 0 Å². The second kappa shape index (κ2) is 2.94. The number of nitrogens with one attached hydrogen (secondary N) is 1. The average Bonchev–Trinajstić information content (AvgIpc) is 2.17. The molecule has 1 aromatic carbocycles. The zero-order valence-electron chi connectivity index (χ0n) is 6.95. The van der Waals surface area contributed by atoms with E-state index in [0.717, 1.165) is 10.4 Å². The second-order valence-electron chi connectivity index (χ2n) is 2.87. The van der Waals surface area contributed by atoms with E-state index >= 15 is 0 Å². The van der Waals surface area contributed by atoms with Crippen LogP contribution in [-0.4, -0.2) is 17.6 Å². The minimum atomic E-state index is -0.872. The normalized spacial score (nSPS) is 13.2. The maximum atomic E-state index is 10.8. The van der Waals surface area contributed by atoms with Crippen molar-refractivity contribution < 1.29 is 9.90 Å². The Morgan fingerprint density at radius 2 is 2.31 bits per heavy atom. The first-order valence-corrected chi connectivity index (χ1v) is 4.05. The van der Waals surface area contributed by atoms with Gasteiger partial charge in [-0.25, -0.2) is 4.79 Å². The molecule has 1 aliphatic rings. The highest BCUT2D eigenvalue weighted by atomic mass is 16.4. The summed E-state index contributed by atoms with van der Waals surface area (Å²) in [4.78, 5) is 10.8. The molecular weight excluding hydrogens is 166 g/mol. The Morgan fingerprint density at radius 1 is 1.46 bits per heavy atom. The van der Waals surface area contributed by atoms with Crippen LogP contribution in [0.2, 0.25) is 0 Å². The van der Waals surface area contributed by atoms with Crippen molar-refractivity contribution in [2.45, 2.75) is 0 Å². The molecule has 0 aromatic heterocycles. The minimum absolute atomic E-state index is 0.371. The van der Waals surface area contributed by atoms with Gasteiger partial charge in [-0.05, 0) is 16.5 Å². The van der Waals surface area contributed by atoms with E-state index in [4.69, 9.17) is 5.11 Å². The Hall–Kier alpha value is -1.77. The summed E-state index contributed by atoms with van der Waals surface area (Å²) in [6.45, 7) is 0.692. The van der Waals surface area contributed by atoms with Gasteiger partial charge in [0.1, 0.15) is 0 Å². The smallest absolute Gasteiger partial charge is 0.336 e. The number of carboxylic acid groups (broad SMARTS) is 1. The minimum Gasteiger partial charge on any atom is -0.478 e. The molecule has 0 spiro atoms. The van der Waals surface area contributed by atoms with E-state index in [1.807, 2.05) is 18.3 Å². The predicted molar refractivity (Wildman–Crippen MR) is 49.6 cm³/mol. The van der Waals surface area contributed by atoms with E-state index in [-0.39, 0.29) is 0 Å². The second-order valence-corrected chi connectivity index (χ2v) is 2.87. The van der Waals surface area contributed by atoms with Gasteiger partial charge in [-0.1, -0.05) is 18.2 Å². The Balaban J connectivity index is 2.81. The molecule has 0 bridgehead atoms. The van der Waals surface area contributed by atoms with E-state index in [9.17, 15) is 4.79 Å². The molecule has 13 heavy (non-hydrogen) atoms. The fraction of sp³-hybridized carbons (Fsp3) is 0.100. The number of carbonyl (C=O) groups is 1. The summed E-state index contributed by atoms with van der Waals surface area (Å²) >= 11 is 0. The fourth-order valence-electron chi connectivity index (χ4n) is 1.45. The third-order valence-electron chi connectivity index (χ3n) is 2.05. The fourth-order valence-corrected chi connectivity index (χ4v) is 1.45. The van der Waals surface area contributed by atoms with Crippen molar-refractivity contribution >= 4 is 18.2 Å². The SMILES string of the molecule is O=C(O)c1cccc2c1=CCNC=2. The van der Waals surface area contributed by atoms with Crippen molar-refractivity contribution in [3.8, 4) is 0 Å². The molecule has 0 saturated heterocycles. The molecule has 3 heteroatoms. The van der Waals surface area contributed by atoms with Crippen molar-refractivity contribution in [1.29, 1.82) is 0 Å². The van der Waals surface area contributed by atoms with Crippen LogP contribution in [0.25, 0.3) is 12.3 Å². The quantitative estimate of drug-likeness (QED) is 0.605. The van der Waals surface area contributed by atoms with Gasteiger partial charge in [-0.2, -0.15) is 0 Å². The molecule has 3 nitrogen and oxygen atoms in total. The van der Waals surface area contributed by atoms with E-state index in [1.54, 1.807) is 12.1 Å². The molecule has 1 aliphatic heterocycles. The summed E-state index contributed by atoms with van der Waals surface area (Å²) in [5.41, 5.74) is 0.371. The average molecular weight is 175 g/mol. The maximum Gasteiger partial charge on any atom is 0.336 e. The van der Waals surface area contributed by atoms with Crippen molar-refractivity contribution in [3.63, 3.8) is 0 Å². The molecule has 0 amide bonds. The molecule has 0 atom stereocenters. The van der Waals surface area contributed by atoms with Crippen molar-refractivity contribution in [1.82, 2.24) is 5.32 Å². The lowest BCUT2D eigenvalue weighted by atomic mass is 10.1. The molecular formula is C10H9NO2. The Morgan fingerprint density at radius 3 is 3.08 bits per heavy atom. The zero-order chi connectivity index (χ0) is 9.26. The van der Waals surface area contributed by atoms with Gasteiger partial charge in [0.2, 0.25) is 0 Å². The van der Waals surface area contributed by atoms with E-state index in [0.29, 0.717) is 12.1 Å². The van der Waals surface area contributed by atoms with Crippen molar-refractivity contribution in [2.24, 2.45) is 0 Å². The molecule has 0 fully saturated rings. The lowest BCUT2D eigenvalue weighted by molar-refractivity contribution is 0.0695. The summed E-state index contributed by atoms with van der Waals surface area (Å²) in [6.07, 6.45) is 3.72. The largest absolute Gasteiger partial charge is 0.478 e. The molecule has 0 unspecified atom stereocenters. The summed E-state index contributed by atoms with van der Waals surface area (Å²) in [7, 11) is 0. The van der Waals surface area contributed by atoms with Gasteiger partial charge in [0.15, 0.2) is 0 Å². The van der Waals surface area contributed by atoms with Gasteiger partial charge in [-0.15, -0.1) is 0 Å². The lowest BCUT2D eigenvalue weighted by Gasteiger charge is -2.04. The summed E-state index contributed by atoms with van der Waals surface area (Å²) < 4.78 is 0. The van der Waals surface area contributed by atoms with Crippen LogP contribution < -0.4 is 15.8 Å². The van der Waals surface area contributed by atoms with Gasteiger partial charge in [0, 0.05) is 12.7 Å². The highest BCUT2D eigenvalue weighted by Gasteiger charge is 2.05. The highest BCUT2D eigenvalue weighted by molar-refractivity contribution is 5.88. The predicted octanol–water partition coefficient (Wildman–Crippen LogP) is -0.494. The van der Waals surface area contributed by atoms with Crippen LogP contribution >= 0.6 is 0 Å². The highest BCUT2D eigenvalue weighted by Crippen LogP contribution is 1.89. The van der Waals surface area contributed by atoms with E-state index in [1.165, 1.54) is 0 Å². The number of carboxylic acids is 1. The molecule has 0 saturated carbocycles. The monoisotopic (exact) mass is 175 g/mol. The summed E-state index contributed by atoms with van der Waals surface area (Å²) in [5, 5.41) is 13.7. The first kappa shape index (κ1) is 7.86. The van der Waals surface area contributed by atoms with E-state index in [2.05, 4.69) is 5.32 Å². The first-order valence-electron chi connectivity index (χ1n) is 4.05. The van der Waals surface area contributed by atoms with Gasteiger partial charge in [0.05, 0.1) is 5.56 Å². The molecule has 2 N–H and O–H groups in total. The third-order valence-corrected chi connectivity index (χ3v) is 2.05. The van der Waals surface area contributed by atoms with Gasteiger partial charge >= 0.3 is 5.97 Å². The Bertz CT molecular complexity index is 462. The molecule has 2 rings (SSSR count). The van der Waals surface area contributed by atoms with Crippen LogP contribution in [0.15, 0.2) is 18.2 Å². The first-order chi connectivity index (χ1) is 6.29. The van der Waals surface area contributed by atoms with Crippen LogP contribution in [0.4, 0.5) is 0 Å². The number of benzene rings is 1. The van der Waals surface area contributed by atoms with E-state index < -0.39 is 5.97 Å². The van der Waals surface area contributed by atoms with Crippen molar-refractivity contribution in [2.75, 3.05) is 6.54 Å². The van der Waals surface area contributed by atoms with Crippen molar-refractivity contribution in [3.05, 3.63) is 34.2 Å². The topological polar surface area (TPSA) is 49.3 Å². The lowest BCUT2D eigenvalue weighted by Crippen LogP contribution is -2.36. The third kappa shape index (κ3) is 1.28. The number of fused-ring (bicyclic) bond motifs is 1. The molecule has 1 aromatic rings. The molecule has 1 heterocycles. The number of hydrogen-bond donors (Lipinski definition) is 2. The van der Waals surface area contributed by atoms with Crippen LogP contribution in [-0.2, 0) is 0 Å². The molecule has 0 aliphatic carbocycles. The number of aromatic carboxylic acids is 1. The number of rotatable bonds is 1. The molecule has 0 radical (unpaired) electrons. The van der Waals surface area contributed by atoms with Crippen LogP contribution in [0, 0.1) is 0 Å². The summed E-state index contributed by atoms with van der Waals surface area (Å²) in [6, 6.07) is 5.26. The molecule has 66 valence electrons. The Kier molecular flexibility index (Phi) is 1.77. The van der Waals surface area contributed by atoms with Gasteiger partial charge < -0.3 is 10.4 Å². The standard InChI is InChI=1S/C10H9NO2/c12-10(13)9-3-1-2-7-6-11-5-4-8(7)9/h1-4,6,11H,5H2,(H,12,13). The zero-order valence-corrected chi connectivity index (χ0v) is 6.95. The maximum absolute atomic E-state index is 10.8. The number of hydrogen-bond acceptors (Lipinski definition) is 2. The van der Waals surface area contributed by atoms with Gasteiger partial charge in [-0.3, -0.25) is 0 Å². The Labute approximate surface area is 75.0 Å². The summed E-state index contributed by atoms with van der Waals surface area (Å²) in [5.74, 6) is -0.872. The van der Waals surface area contributed by atoms with Crippen LogP contribution in [0.1, 0.15) is 10.4 Å². The van der Waals surface area contributed by atoms with Crippen LogP contribution in [0.3, 0.4) is 0 Å². The van der Waals surface area contributed by atoms with Gasteiger partial charge in [0.25, 0.3) is 0 Å².